The van der Waals surface area contributed by atoms with Gasteiger partial charge in [0.25, 0.3) is 0 Å². The van der Waals surface area contributed by atoms with Gasteiger partial charge in [-0.2, -0.15) is 0 Å². The highest BCUT2D eigenvalue weighted by Gasteiger charge is 2.38. The summed E-state index contributed by atoms with van der Waals surface area (Å²) in [7, 11) is 1.86. The molecule has 2 fully saturated rings. The van der Waals surface area contributed by atoms with Crippen LogP contribution >= 0.6 is 22.6 Å². The molecule has 1 aliphatic heterocycles. The van der Waals surface area contributed by atoms with Crippen LogP contribution in [-0.4, -0.2) is 29.8 Å². The summed E-state index contributed by atoms with van der Waals surface area (Å²) in [5.74, 6) is 0.771. The van der Waals surface area contributed by atoms with Crippen LogP contribution in [0.15, 0.2) is 0 Å². The van der Waals surface area contributed by atoms with Gasteiger partial charge in [0.1, 0.15) is 0 Å². The van der Waals surface area contributed by atoms with Crippen molar-refractivity contribution in [3.05, 3.63) is 0 Å². The molecule has 0 amide bonds. The first-order chi connectivity index (χ1) is 11.3. The van der Waals surface area contributed by atoms with E-state index in [4.69, 9.17) is 9.47 Å². The topological polar surface area (TPSA) is 18.5 Å². The predicted octanol–water partition coefficient (Wildman–Crippen LogP) is 6.30. The van der Waals surface area contributed by atoms with E-state index in [-0.39, 0.29) is 0 Å². The Labute approximate surface area is 157 Å². The molecule has 0 unspecified atom stereocenters. The fourth-order valence-electron chi connectivity index (χ4n) is 4.40. The van der Waals surface area contributed by atoms with Crippen molar-refractivity contribution < 1.29 is 9.47 Å². The van der Waals surface area contributed by atoms with Crippen LogP contribution in [0.2, 0.25) is 0 Å². The Balaban J connectivity index is 1.85. The fourth-order valence-corrected chi connectivity index (χ4v) is 5.02. The monoisotopic (exact) mass is 436 g/mol. The van der Waals surface area contributed by atoms with Crippen LogP contribution in [0.5, 0.6) is 0 Å². The SMILES string of the molecule is CO[C@@H]1C[C@H](C2CCCCCCCCCCCC2)O[C@@H]1CCI. The van der Waals surface area contributed by atoms with Crippen molar-refractivity contribution in [2.75, 3.05) is 11.5 Å². The van der Waals surface area contributed by atoms with E-state index >= 15 is 0 Å². The zero-order valence-corrected chi connectivity index (χ0v) is 17.3. The average molecular weight is 436 g/mol. The Morgan fingerprint density at radius 3 is 1.87 bits per heavy atom. The van der Waals surface area contributed by atoms with Crippen LogP contribution < -0.4 is 0 Å². The van der Waals surface area contributed by atoms with Crippen molar-refractivity contribution in [2.45, 2.75) is 108 Å². The van der Waals surface area contributed by atoms with E-state index in [9.17, 15) is 0 Å². The molecule has 1 saturated heterocycles. The summed E-state index contributed by atoms with van der Waals surface area (Å²) in [5.41, 5.74) is 0. The quantitative estimate of drug-likeness (QED) is 0.381. The second-order valence-corrected chi connectivity index (χ2v) is 8.65. The molecular formula is C20H37IO2. The van der Waals surface area contributed by atoms with Crippen molar-refractivity contribution in [1.82, 2.24) is 0 Å². The molecule has 1 saturated carbocycles. The fraction of sp³-hybridized carbons (Fsp3) is 1.00. The lowest BCUT2D eigenvalue weighted by molar-refractivity contribution is -0.0248. The first kappa shape index (κ1) is 20.0. The highest BCUT2D eigenvalue weighted by atomic mass is 127. The summed E-state index contributed by atoms with van der Waals surface area (Å²) >= 11 is 2.46. The number of methoxy groups -OCH3 is 1. The minimum absolute atomic E-state index is 0.333. The van der Waals surface area contributed by atoms with E-state index in [0.717, 1.165) is 18.8 Å². The van der Waals surface area contributed by atoms with Gasteiger partial charge in [0.05, 0.1) is 18.3 Å². The van der Waals surface area contributed by atoms with Gasteiger partial charge in [0, 0.05) is 18.0 Å². The lowest BCUT2D eigenvalue weighted by Crippen LogP contribution is -2.23. The Hall–Kier alpha value is 0.650. The summed E-state index contributed by atoms with van der Waals surface area (Å²) in [5, 5.41) is 0. The Morgan fingerprint density at radius 1 is 0.870 bits per heavy atom. The number of hydrogen-bond donors (Lipinski definition) is 0. The molecule has 1 aliphatic carbocycles. The molecule has 0 radical (unpaired) electrons. The van der Waals surface area contributed by atoms with Gasteiger partial charge in [0.15, 0.2) is 0 Å². The van der Waals surface area contributed by atoms with Gasteiger partial charge in [-0.3, -0.25) is 0 Å². The van der Waals surface area contributed by atoms with Crippen LogP contribution in [0.4, 0.5) is 0 Å². The third kappa shape index (κ3) is 7.19. The zero-order chi connectivity index (χ0) is 16.3. The van der Waals surface area contributed by atoms with E-state index in [1.54, 1.807) is 0 Å². The minimum Gasteiger partial charge on any atom is -0.379 e. The summed E-state index contributed by atoms with van der Waals surface area (Å²) in [6.07, 6.45) is 20.5. The van der Waals surface area contributed by atoms with Crippen molar-refractivity contribution in [2.24, 2.45) is 5.92 Å². The number of halogens is 1. The largest absolute Gasteiger partial charge is 0.379 e. The van der Waals surface area contributed by atoms with Gasteiger partial charge < -0.3 is 9.47 Å². The Kier molecular flexibility index (Phi) is 10.5. The molecule has 23 heavy (non-hydrogen) atoms. The molecule has 0 aromatic carbocycles. The third-order valence-electron chi connectivity index (χ3n) is 5.85. The second kappa shape index (κ2) is 12.1. The summed E-state index contributed by atoms with van der Waals surface area (Å²) in [6, 6.07) is 0. The van der Waals surface area contributed by atoms with Gasteiger partial charge in [-0.1, -0.05) is 86.8 Å². The maximum absolute atomic E-state index is 6.46. The molecular weight excluding hydrogens is 399 g/mol. The molecule has 0 aromatic heterocycles. The molecule has 3 heteroatoms. The van der Waals surface area contributed by atoms with Crippen molar-refractivity contribution in [3.8, 4) is 0 Å². The number of hydrogen-bond acceptors (Lipinski definition) is 2. The smallest absolute Gasteiger partial charge is 0.0858 e. The maximum Gasteiger partial charge on any atom is 0.0858 e. The standard InChI is InChI=1S/C20H37IO2/c1-22-20-16-19(23-18(20)14-15-21)17-12-10-8-6-4-2-3-5-7-9-11-13-17/h17-20H,2-16H2,1H3/t18-,19-,20-/m1/s1. The summed E-state index contributed by atoms with van der Waals surface area (Å²) in [4.78, 5) is 0. The molecule has 0 N–H and O–H groups in total. The highest BCUT2D eigenvalue weighted by Crippen LogP contribution is 2.35. The molecule has 2 aliphatic rings. The Morgan fingerprint density at radius 2 is 1.39 bits per heavy atom. The lowest BCUT2D eigenvalue weighted by Gasteiger charge is -2.24. The minimum atomic E-state index is 0.333. The van der Waals surface area contributed by atoms with Crippen LogP contribution in [0, 0.1) is 5.92 Å². The zero-order valence-electron chi connectivity index (χ0n) is 15.1. The average Bonchev–Trinajstić information content (AvgIpc) is 2.97. The van der Waals surface area contributed by atoms with Crippen LogP contribution in [-0.2, 0) is 9.47 Å². The molecule has 2 nitrogen and oxygen atoms in total. The van der Waals surface area contributed by atoms with Crippen LogP contribution in [0.25, 0.3) is 0 Å². The van der Waals surface area contributed by atoms with Crippen molar-refractivity contribution in [3.63, 3.8) is 0 Å². The van der Waals surface area contributed by atoms with Gasteiger partial charge in [-0.25, -0.2) is 0 Å². The number of rotatable bonds is 4. The van der Waals surface area contributed by atoms with E-state index in [0.29, 0.717) is 18.3 Å². The number of alkyl halides is 1. The molecule has 0 bridgehead atoms. The van der Waals surface area contributed by atoms with Crippen LogP contribution in [0.3, 0.4) is 0 Å². The van der Waals surface area contributed by atoms with Crippen LogP contribution in [0.1, 0.15) is 89.9 Å². The first-order valence-electron chi connectivity index (χ1n) is 10.1. The second-order valence-electron chi connectivity index (χ2n) is 7.57. The molecule has 2 rings (SSSR count). The molecule has 0 aromatic rings. The van der Waals surface area contributed by atoms with E-state index in [1.165, 1.54) is 81.5 Å². The van der Waals surface area contributed by atoms with E-state index in [2.05, 4.69) is 22.6 Å². The van der Waals surface area contributed by atoms with E-state index < -0.39 is 0 Å². The Bertz CT molecular complexity index is 283. The molecule has 3 atom stereocenters. The molecule has 136 valence electrons. The third-order valence-corrected chi connectivity index (χ3v) is 6.47. The van der Waals surface area contributed by atoms with Gasteiger partial charge in [-0.05, 0) is 25.2 Å². The van der Waals surface area contributed by atoms with Crippen molar-refractivity contribution in [1.29, 1.82) is 0 Å². The first-order valence-corrected chi connectivity index (χ1v) is 11.6. The van der Waals surface area contributed by atoms with E-state index in [1.807, 2.05) is 7.11 Å². The molecule has 1 heterocycles. The highest BCUT2D eigenvalue weighted by molar-refractivity contribution is 14.1. The van der Waals surface area contributed by atoms with Gasteiger partial charge >= 0.3 is 0 Å². The van der Waals surface area contributed by atoms with Gasteiger partial charge in [-0.15, -0.1) is 0 Å². The number of ether oxygens (including phenoxy) is 2. The maximum atomic E-state index is 6.46. The molecule has 0 spiro atoms. The normalized spacial score (nSPS) is 32.9. The lowest BCUT2D eigenvalue weighted by atomic mass is 9.88. The van der Waals surface area contributed by atoms with Gasteiger partial charge in [0.2, 0.25) is 0 Å². The summed E-state index contributed by atoms with van der Waals surface area (Å²) in [6.45, 7) is 0. The van der Waals surface area contributed by atoms with Crippen molar-refractivity contribution >= 4 is 22.6 Å². The summed E-state index contributed by atoms with van der Waals surface area (Å²) < 4.78 is 13.4. The predicted molar refractivity (Wildman–Crippen MR) is 106 cm³/mol.